The average Bonchev–Trinajstić information content (AvgIpc) is 3.22. The fourth-order valence-corrected chi connectivity index (χ4v) is 8.44. The molecule has 0 atom stereocenters. The van der Waals surface area contributed by atoms with E-state index in [9.17, 15) is 0 Å². The summed E-state index contributed by atoms with van der Waals surface area (Å²) in [6.07, 6.45) is 55.2. The first kappa shape index (κ1) is 67.8. The van der Waals surface area contributed by atoms with Crippen molar-refractivity contribution in [2.45, 2.75) is 340 Å². The van der Waals surface area contributed by atoms with Crippen LogP contribution in [0.5, 0.6) is 0 Å². The average molecular weight is 872 g/mol. The molecule has 0 heterocycles. The second-order valence-corrected chi connectivity index (χ2v) is 21.3. The smallest absolute Gasteiger partial charge is 0.0294 e. The quantitative estimate of drug-likeness (QED) is 0.0423. The molecule has 0 bridgehead atoms. The summed E-state index contributed by atoms with van der Waals surface area (Å²) < 4.78 is 0. The van der Waals surface area contributed by atoms with Crippen LogP contribution in [0.2, 0.25) is 0 Å². The van der Waals surface area contributed by atoms with Gasteiger partial charge in [-0.3, -0.25) is 0 Å². The fraction of sp³-hybridized carbons (Fsp3) is 0.903. The van der Waals surface area contributed by atoms with Gasteiger partial charge in [0.05, 0.1) is 0 Å². The minimum absolute atomic E-state index is 0.869. The Morgan fingerprint density at radius 3 is 0.823 bits per heavy atom. The van der Waals surface area contributed by atoms with E-state index < -0.39 is 0 Å². The highest BCUT2D eigenvalue weighted by Gasteiger charge is 2.11. The summed E-state index contributed by atoms with van der Waals surface area (Å²) in [5.41, 5.74) is 4.46. The van der Waals surface area contributed by atoms with E-state index in [1.165, 1.54) is 268 Å². The topological polar surface area (TPSA) is 0 Å². The highest BCUT2D eigenvalue weighted by Crippen LogP contribution is 2.27. The van der Waals surface area contributed by atoms with Crippen LogP contribution in [0.1, 0.15) is 340 Å². The maximum absolute atomic E-state index is 4.46. The first-order valence-corrected chi connectivity index (χ1v) is 28.8. The summed E-state index contributed by atoms with van der Waals surface area (Å²) in [6, 6.07) is 0. The summed E-state index contributed by atoms with van der Waals surface area (Å²) in [5, 5.41) is 0. The Morgan fingerprint density at radius 1 is 0.258 bits per heavy atom. The Kier molecular flexibility index (Phi) is 63.7. The number of allylic oxidation sites excluding steroid dienone is 3. The number of hydrogen-bond donors (Lipinski definition) is 0. The molecule has 0 aliphatic rings. The molecule has 0 radical (unpaired) electrons. The lowest BCUT2D eigenvalue weighted by molar-refractivity contribution is 0.389. The third-order valence-electron chi connectivity index (χ3n) is 12.6. The highest BCUT2D eigenvalue weighted by atomic mass is 14.2. The predicted octanol–water partition coefficient (Wildman–Crippen LogP) is 23.9. The largest absolute Gasteiger partial charge is 0.0999 e. The van der Waals surface area contributed by atoms with Gasteiger partial charge in [0.25, 0.3) is 0 Å². The summed E-state index contributed by atoms with van der Waals surface area (Å²) in [5.74, 6) is 3.53. The van der Waals surface area contributed by atoms with E-state index in [1.54, 1.807) is 5.57 Å². The molecule has 0 aromatic rings. The van der Waals surface area contributed by atoms with Gasteiger partial charge < -0.3 is 0 Å². The molecule has 0 aromatic carbocycles. The molecule has 0 amide bonds. The first-order chi connectivity index (χ1) is 29.8. The zero-order valence-electron chi connectivity index (χ0n) is 46.2. The van der Waals surface area contributed by atoms with Gasteiger partial charge >= 0.3 is 0 Å². The molecule has 0 aliphatic heterocycles. The molecule has 0 heteroatoms. The third kappa shape index (κ3) is 68.3. The molecule has 0 N–H and O–H groups in total. The van der Waals surface area contributed by atoms with E-state index in [0.29, 0.717) is 0 Å². The molecule has 0 aromatic heterocycles. The van der Waals surface area contributed by atoms with E-state index in [2.05, 4.69) is 103 Å². The highest BCUT2D eigenvalue weighted by molar-refractivity contribution is 4.96. The van der Waals surface area contributed by atoms with Crippen molar-refractivity contribution in [2.75, 3.05) is 0 Å². The second kappa shape index (κ2) is 58.2. The number of rotatable bonds is 43. The van der Waals surface area contributed by atoms with Crippen molar-refractivity contribution in [1.82, 2.24) is 0 Å². The molecule has 0 saturated heterocycles. The Morgan fingerprint density at radius 2 is 0.516 bits per heavy atom. The van der Waals surface area contributed by atoms with Gasteiger partial charge in [0.2, 0.25) is 0 Å². The number of hydrogen-bond acceptors (Lipinski definition) is 0. The SMILES string of the molecule is C=C(CCC)CCC.C=C(CCCCCCCC)CC(CCCCCC(C)C)CCCCCC(C)C.C=C(CCCCCCCC)CCCCCCCCC(C)C.CCCCC. The van der Waals surface area contributed by atoms with E-state index in [-0.39, 0.29) is 0 Å². The van der Waals surface area contributed by atoms with Crippen molar-refractivity contribution in [3.63, 3.8) is 0 Å². The molecule has 374 valence electrons. The van der Waals surface area contributed by atoms with Gasteiger partial charge in [-0.15, -0.1) is 0 Å². The summed E-state index contributed by atoms with van der Waals surface area (Å²) in [7, 11) is 0. The van der Waals surface area contributed by atoms with Gasteiger partial charge in [-0.05, 0) is 81.5 Å². The summed E-state index contributed by atoms with van der Waals surface area (Å²) in [6.45, 7) is 40.1. The van der Waals surface area contributed by atoms with Gasteiger partial charge in [-0.2, -0.15) is 0 Å². The molecule has 62 heavy (non-hydrogen) atoms. The molecule has 0 spiro atoms. The summed E-state index contributed by atoms with van der Waals surface area (Å²) in [4.78, 5) is 0. The van der Waals surface area contributed by atoms with Crippen LogP contribution in [0.3, 0.4) is 0 Å². The van der Waals surface area contributed by atoms with Crippen molar-refractivity contribution in [2.24, 2.45) is 23.7 Å². The molecular formula is C62H126. The van der Waals surface area contributed by atoms with E-state index >= 15 is 0 Å². The van der Waals surface area contributed by atoms with Crippen molar-refractivity contribution in [3.05, 3.63) is 36.5 Å². The van der Waals surface area contributed by atoms with Crippen LogP contribution >= 0.6 is 0 Å². The zero-order chi connectivity index (χ0) is 47.3. The Hall–Kier alpha value is -0.780. The van der Waals surface area contributed by atoms with E-state index in [0.717, 1.165) is 23.7 Å². The lowest BCUT2D eigenvalue weighted by Crippen LogP contribution is -2.03. The third-order valence-corrected chi connectivity index (χ3v) is 12.6. The lowest BCUT2D eigenvalue weighted by Gasteiger charge is -2.19. The van der Waals surface area contributed by atoms with E-state index in [1.807, 2.05) is 0 Å². The van der Waals surface area contributed by atoms with Crippen molar-refractivity contribution in [3.8, 4) is 0 Å². The van der Waals surface area contributed by atoms with Crippen LogP contribution < -0.4 is 0 Å². The Labute approximate surface area is 398 Å². The monoisotopic (exact) mass is 871 g/mol. The molecule has 0 aliphatic carbocycles. The second-order valence-electron chi connectivity index (χ2n) is 21.3. The minimum Gasteiger partial charge on any atom is -0.0999 e. The van der Waals surface area contributed by atoms with Crippen molar-refractivity contribution in [1.29, 1.82) is 0 Å². The first-order valence-electron chi connectivity index (χ1n) is 28.8. The van der Waals surface area contributed by atoms with Crippen LogP contribution in [0.15, 0.2) is 36.5 Å². The molecule has 0 saturated carbocycles. The van der Waals surface area contributed by atoms with Crippen molar-refractivity contribution >= 4 is 0 Å². The van der Waals surface area contributed by atoms with Crippen LogP contribution in [0.25, 0.3) is 0 Å². The van der Waals surface area contributed by atoms with Crippen LogP contribution in [-0.2, 0) is 0 Å². The van der Waals surface area contributed by atoms with Gasteiger partial charge in [0.15, 0.2) is 0 Å². The number of unbranched alkanes of at least 4 members (excludes halogenated alkanes) is 21. The molecule has 0 fully saturated rings. The summed E-state index contributed by atoms with van der Waals surface area (Å²) >= 11 is 0. The minimum atomic E-state index is 0.869. The van der Waals surface area contributed by atoms with Crippen molar-refractivity contribution < 1.29 is 0 Å². The van der Waals surface area contributed by atoms with Gasteiger partial charge in [0.1, 0.15) is 0 Å². The van der Waals surface area contributed by atoms with Gasteiger partial charge in [-0.1, -0.05) is 319 Å². The fourth-order valence-electron chi connectivity index (χ4n) is 8.44. The van der Waals surface area contributed by atoms with E-state index in [4.69, 9.17) is 0 Å². The molecular weight excluding hydrogens is 745 g/mol. The standard InChI is InChI=1S/C28H56.C21H42.C8H16.C5H12/c1-7-8-9-10-11-16-21-27(6)24-28(22-17-12-14-19-25(2)3)23-18-13-15-20-26(4)5;1-5-6-7-8-12-15-18-21(4)19-16-13-10-9-11-14-17-20(2)3;1-4-6-8(3)7-5-2;1-3-5-4-2/h25-26,28H,6-24H2,1-5H3;20H,4-19H2,1-3H3;3-7H2,1-2H3;3-5H2,1-2H3. The maximum atomic E-state index is 4.46. The molecule has 0 unspecified atom stereocenters. The van der Waals surface area contributed by atoms with Gasteiger partial charge in [0, 0.05) is 0 Å². The Balaban J connectivity index is -0.000000430. The van der Waals surface area contributed by atoms with Crippen LogP contribution in [-0.4, -0.2) is 0 Å². The van der Waals surface area contributed by atoms with Crippen LogP contribution in [0, 0.1) is 23.7 Å². The molecule has 0 nitrogen and oxygen atoms in total. The lowest BCUT2D eigenvalue weighted by atomic mass is 9.87. The van der Waals surface area contributed by atoms with Gasteiger partial charge in [-0.25, -0.2) is 0 Å². The normalized spacial score (nSPS) is 11.0. The predicted molar refractivity (Wildman–Crippen MR) is 294 cm³/mol. The van der Waals surface area contributed by atoms with Crippen LogP contribution in [0.4, 0.5) is 0 Å². The zero-order valence-corrected chi connectivity index (χ0v) is 46.2. The maximum Gasteiger partial charge on any atom is -0.0294 e. The molecule has 0 rings (SSSR count). The Bertz CT molecular complexity index is 812.